The van der Waals surface area contributed by atoms with Crippen molar-refractivity contribution < 1.29 is 32.2 Å². The van der Waals surface area contributed by atoms with Crippen LogP contribution in [0.15, 0.2) is 30.6 Å². The van der Waals surface area contributed by atoms with Gasteiger partial charge in [-0.05, 0) is 44.5 Å². The molecule has 10 nitrogen and oxygen atoms in total. The number of pyridine rings is 1. The van der Waals surface area contributed by atoms with E-state index in [2.05, 4.69) is 25.6 Å². The number of hydrogen-bond acceptors (Lipinski definition) is 8. The molecule has 2 aromatic heterocycles. The number of hydrogen-bond donors (Lipinski definition) is 3. The topological polar surface area (TPSA) is 116 Å². The molecule has 2 amide bonds. The number of aliphatic hydroxyl groups excluding tert-OH is 1. The summed E-state index contributed by atoms with van der Waals surface area (Å²) in [6, 6.07) is 2.22. The van der Waals surface area contributed by atoms with Crippen LogP contribution in [0.1, 0.15) is 29.4 Å². The van der Waals surface area contributed by atoms with Gasteiger partial charge in [0.15, 0.2) is 5.82 Å². The monoisotopic (exact) mass is 591 g/mol. The molecule has 0 unspecified atom stereocenters. The lowest BCUT2D eigenvalue weighted by atomic mass is 10.0. The van der Waals surface area contributed by atoms with Crippen LogP contribution in [0.5, 0.6) is 5.75 Å². The van der Waals surface area contributed by atoms with Gasteiger partial charge < -0.3 is 20.5 Å². The first kappa shape index (κ1) is 31.1. The van der Waals surface area contributed by atoms with Crippen molar-refractivity contribution in [2.45, 2.75) is 33.5 Å². The minimum absolute atomic E-state index is 0.00421. The number of β-amino-alcohol motifs (C(OH)–C–C–N with tert-alkyl or cyclic N) is 1. The number of anilines is 2. The van der Waals surface area contributed by atoms with E-state index in [0.717, 1.165) is 6.07 Å². The zero-order valence-corrected chi connectivity index (χ0v) is 23.6. The van der Waals surface area contributed by atoms with Crippen LogP contribution in [-0.4, -0.2) is 81.8 Å². The van der Waals surface area contributed by atoms with E-state index in [-0.39, 0.29) is 24.4 Å². The third kappa shape index (κ3) is 7.69. The number of ether oxygens (including phenoxy) is 1. The first-order valence-electron chi connectivity index (χ1n) is 13.4. The highest BCUT2D eigenvalue weighted by Gasteiger charge is 2.35. The zero-order valence-electron chi connectivity index (χ0n) is 23.6. The summed E-state index contributed by atoms with van der Waals surface area (Å²) in [6.45, 7) is 8.28. The zero-order chi connectivity index (χ0) is 30.4. The number of nitrogens with one attached hydrogen (secondary N) is 2. The molecule has 14 heteroatoms. The molecule has 1 aromatic carbocycles. The molecule has 1 aliphatic heterocycles. The van der Waals surface area contributed by atoms with Gasteiger partial charge in [0.05, 0.1) is 47.7 Å². The first-order chi connectivity index (χ1) is 20.0. The molecular formula is C28H33F4N7O3. The van der Waals surface area contributed by atoms with Crippen molar-refractivity contribution in [2.24, 2.45) is 0 Å². The maximum Gasteiger partial charge on any atom is 0.416 e. The van der Waals surface area contributed by atoms with Crippen LogP contribution in [0.3, 0.4) is 0 Å². The Morgan fingerprint density at radius 2 is 1.69 bits per heavy atom. The van der Waals surface area contributed by atoms with Crippen molar-refractivity contribution >= 4 is 17.4 Å². The molecule has 3 heterocycles. The second-order valence-corrected chi connectivity index (χ2v) is 9.84. The molecule has 3 aromatic rings. The molecule has 0 spiro atoms. The van der Waals surface area contributed by atoms with E-state index in [1.165, 1.54) is 6.20 Å². The van der Waals surface area contributed by atoms with Gasteiger partial charge in [-0.3, -0.25) is 14.8 Å². The van der Waals surface area contributed by atoms with Gasteiger partial charge in [-0.25, -0.2) is 19.2 Å². The molecule has 3 N–H and O–H groups in total. The number of carbonyl (C=O) groups is 1. The van der Waals surface area contributed by atoms with Gasteiger partial charge in [-0.1, -0.05) is 0 Å². The number of nitrogens with zero attached hydrogens (tertiary/aromatic N) is 5. The summed E-state index contributed by atoms with van der Waals surface area (Å²) in [5, 5.41) is 13.7. The van der Waals surface area contributed by atoms with Crippen molar-refractivity contribution in [3.63, 3.8) is 0 Å². The van der Waals surface area contributed by atoms with E-state index in [0.29, 0.717) is 73.9 Å². The summed E-state index contributed by atoms with van der Waals surface area (Å²) in [5.41, 5.74) is 0.00357. The lowest BCUT2D eigenvalue weighted by Crippen LogP contribution is -2.46. The molecule has 0 saturated carbocycles. The fraction of sp³-hybridized carbons (Fsp3) is 0.429. The maximum absolute atomic E-state index is 15.0. The quantitative estimate of drug-likeness (QED) is 0.313. The number of alkyl halides is 3. The van der Waals surface area contributed by atoms with E-state index in [4.69, 9.17) is 9.84 Å². The second kappa shape index (κ2) is 13.4. The molecule has 4 rings (SSSR count). The van der Waals surface area contributed by atoms with E-state index in [1.54, 1.807) is 24.1 Å². The average molecular weight is 592 g/mol. The van der Waals surface area contributed by atoms with E-state index >= 15 is 0 Å². The largest absolute Gasteiger partial charge is 0.492 e. The average Bonchev–Trinajstić information content (AvgIpc) is 2.93. The summed E-state index contributed by atoms with van der Waals surface area (Å²) in [7, 11) is 0. The minimum atomic E-state index is -4.76. The Balaban J connectivity index is 1.47. The summed E-state index contributed by atoms with van der Waals surface area (Å²) >= 11 is 0. The molecule has 1 saturated heterocycles. The van der Waals surface area contributed by atoms with Gasteiger partial charge >= 0.3 is 12.2 Å². The lowest BCUT2D eigenvalue weighted by molar-refractivity contribution is -0.138. The molecule has 0 atom stereocenters. The third-order valence-electron chi connectivity index (χ3n) is 6.85. The van der Waals surface area contributed by atoms with Crippen molar-refractivity contribution in [1.29, 1.82) is 0 Å². The second-order valence-electron chi connectivity index (χ2n) is 9.84. The van der Waals surface area contributed by atoms with Crippen molar-refractivity contribution in [2.75, 3.05) is 56.6 Å². The molecule has 0 aliphatic carbocycles. The summed E-state index contributed by atoms with van der Waals surface area (Å²) in [5.74, 6) is -0.0738. The number of piperazine rings is 1. The van der Waals surface area contributed by atoms with Crippen LogP contribution in [0.4, 0.5) is 33.7 Å². The number of amides is 2. The highest BCUT2D eigenvalue weighted by atomic mass is 19.4. The summed E-state index contributed by atoms with van der Waals surface area (Å²) in [6.07, 6.45) is -1.82. The van der Waals surface area contributed by atoms with Gasteiger partial charge in [0.25, 0.3) is 0 Å². The van der Waals surface area contributed by atoms with Crippen LogP contribution in [-0.2, 0) is 12.7 Å². The number of aliphatic hydroxyl groups is 1. The highest BCUT2D eigenvalue weighted by Crippen LogP contribution is 2.36. The van der Waals surface area contributed by atoms with Crippen molar-refractivity contribution in [3.05, 3.63) is 58.9 Å². The van der Waals surface area contributed by atoms with Crippen molar-refractivity contribution in [1.82, 2.24) is 24.8 Å². The van der Waals surface area contributed by atoms with E-state index < -0.39 is 29.3 Å². The Kier molecular flexibility index (Phi) is 9.91. The number of aromatic nitrogens is 3. The Labute approximate surface area is 240 Å². The molecule has 42 heavy (non-hydrogen) atoms. The molecule has 1 fully saturated rings. The number of benzene rings is 1. The highest BCUT2D eigenvalue weighted by molar-refractivity contribution is 6.00. The predicted octanol–water partition coefficient (Wildman–Crippen LogP) is 4.47. The standard InChI is InChI=1S/C28H33F4N7O3/c1-4-42-25-12-19(14-33-18(25)3)26-34-15-24(17(2)35-26)37-27(41)36-23-13-21(28(30,31)32)20(11-22(23)29)16-39-7-5-38(6-8-39)9-10-40/h11-15,40H,4-10,16H2,1-3H3,(H2,36,37,41). The summed E-state index contributed by atoms with van der Waals surface area (Å²) in [4.78, 5) is 29.4. The van der Waals surface area contributed by atoms with Crippen LogP contribution in [0.25, 0.3) is 11.4 Å². The van der Waals surface area contributed by atoms with E-state index in [9.17, 15) is 22.4 Å². The molecule has 226 valence electrons. The predicted molar refractivity (Wildman–Crippen MR) is 149 cm³/mol. The molecule has 0 bridgehead atoms. The van der Waals surface area contributed by atoms with Gasteiger partial charge in [0.2, 0.25) is 0 Å². The maximum atomic E-state index is 15.0. The summed E-state index contributed by atoms with van der Waals surface area (Å²) < 4.78 is 62.4. The van der Waals surface area contributed by atoms with Gasteiger partial charge in [-0.15, -0.1) is 0 Å². The fourth-order valence-corrected chi connectivity index (χ4v) is 4.60. The van der Waals surface area contributed by atoms with Crippen LogP contribution >= 0.6 is 0 Å². The Morgan fingerprint density at radius 3 is 2.33 bits per heavy atom. The minimum Gasteiger partial charge on any atom is -0.492 e. The molecule has 1 aliphatic rings. The number of halogens is 4. The molecular weight excluding hydrogens is 558 g/mol. The third-order valence-corrected chi connectivity index (χ3v) is 6.85. The Bertz CT molecular complexity index is 1410. The molecule has 0 radical (unpaired) electrons. The van der Waals surface area contributed by atoms with Gasteiger partial charge in [0.1, 0.15) is 11.6 Å². The lowest BCUT2D eigenvalue weighted by Gasteiger charge is -2.34. The smallest absolute Gasteiger partial charge is 0.416 e. The Hall–Kier alpha value is -3.88. The van der Waals surface area contributed by atoms with Gasteiger partial charge in [0, 0.05) is 51.0 Å². The number of carbonyl (C=O) groups excluding carboxylic acids is 1. The number of urea groups is 1. The number of aryl methyl sites for hydroxylation is 2. The SMILES string of the molecule is CCOc1cc(-c2ncc(NC(=O)Nc3cc(C(F)(F)F)c(CN4CCN(CCO)CC4)cc3F)c(C)n2)cnc1C. The van der Waals surface area contributed by atoms with E-state index in [1.807, 2.05) is 18.7 Å². The van der Waals surface area contributed by atoms with Crippen LogP contribution in [0.2, 0.25) is 0 Å². The van der Waals surface area contributed by atoms with Crippen LogP contribution < -0.4 is 15.4 Å². The number of rotatable bonds is 9. The normalized spacial score (nSPS) is 14.6. The van der Waals surface area contributed by atoms with Crippen molar-refractivity contribution in [3.8, 4) is 17.1 Å². The Morgan fingerprint density at radius 1 is 1.00 bits per heavy atom. The van der Waals surface area contributed by atoms with Gasteiger partial charge in [-0.2, -0.15) is 13.2 Å². The first-order valence-corrected chi connectivity index (χ1v) is 13.4. The van der Waals surface area contributed by atoms with Crippen LogP contribution in [0, 0.1) is 19.7 Å². The fourth-order valence-electron chi connectivity index (χ4n) is 4.60.